The molecule has 7 nitrogen and oxygen atoms in total. The molecule has 1 aromatic carbocycles. The number of fused-ring (bicyclic) bond motifs is 1. The molecule has 136 valence electrons. The van der Waals surface area contributed by atoms with E-state index in [0.29, 0.717) is 28.8 Å². The molecule has 2 aromatic rings. The maximum atomic E-state index is 6.15. The van der Waals surface area contributed by atoms with E-state index in [1.165, 1.54) is 0 Å². The summed E-state index contributed by atoms with van der Waals surface area (Å²) in [6, 6.07) is 3.68. The van der Waals surface area contributed by atoms with Crippen LogP contribution in [0.5, 0.6) is 11.5 Å². The van der Waals surface area contributed by atoms with Crippen LogP contribution in [0.4, 0.5) is 11.8 Å². The highest BCUT2D eigenvalue weighted by Gasteiger charge is 2.46. The van der Waals surface area contributed by atoms with E-state index >= 15 is 0 Å². The number of nitrogen functional groups attached to an aromatic ring is 1. The Labute approximate surface area is 147 Å². The van der Waals surface area contributed by atoms with Crippen LogP contribution >= 0.6 is 0 Å². The topological polar surface area (TPSA) is 91.5 Å². The molecule has 1 aromatic heterocycles. The molecular formula is C18H26N4O3. The molecule has 1 aliphatic heterocycles. The Hall–Kier alpha value is -2.28. The molecule has 1 fully saturated rings. The number of hydrogen-bond acceptors (Lipinski definition) is 7. The predicted molar refractivity (Wildman–Crippen MR) is 98.3 cm³/mol. The number of nitrogens with zero attached hydrogens (tertiary/aromatic N) is 2. The molecule has 0 amide bonds. The van der Waals surface area contributed by atoms with Crippen molar-refractivity contribution in [1.29, 1.82) is 0 Å². The lowest BCUT2D eigenvalue weighted by Gasteiger charge is -2.27. The smallest absolute Gasteiger partial charge is 0.225 e. The third kappa shape index (κ3) is 3.28. The summed E-state index contributed by atoms with van der Waals surface area (Å²) < 4.78 is 16.8. The summed E-state index contributed by atoms with van der Waals surface area (Å²) in [7, 11) is 3.18. The minimum Gasteiger partial charge on any atom is -0.493 e. The van der Waals surface area contributed by atoms with Crippen molar-refractivity contribution in [2.45, 2.75) is 51.4 Å². The van der Waals surface area contributed by atoms with Gasteiger partial charge in [-0.1, -0.05) is 0 Å². The van der Waals surface area contributed by atoms with Crippen LogP contribution in [0, 0.1) is 0 Å². The third-order valence-corrected chi connectivity index (χ3v) is 4.61. The number of methoxy groups -OCH3 is 2. The van der Waals surface area contributed by atoms with Crippen molar-refractivity contribution in [1.82, 2.24) is 9.97 Å². The minimum atomic E-state index is -0.325. The summed E-state index contributed by atoms with van der Waals surface area (Å²) in [6.45, 7) is 8.31. The van der Waals surface area contributed by atoms with Gasteiger partial charge in [0.1, 0.15) is 5.82 Å². The lowest BCUT2D eigenvalue weighted by atomic mass is 9.95. The van der Waals surface area contributed by atoms with Gasteiger partial charge in [0.25, 0.3) is 0 Å². The van der Waals surface area contributed by atoms with Gasteiger partial charge in [-0.2, -0.15) is 4.98 Å². The van der Waals surface area contributed by atoms with Gasteiger partial charge in [-0.3, -0.25) is 0 Å². The second-order valence-corrected chi connectivity index (χ2v) is 7.52. The fourth-order valence-corrected chi connectivity index (χ4v) is 3.49. The van der Waals surface area contributed by atoms with Crippen molar-refractivity contribution < 1.29 is 14.2 Å². The molecule has 1 aliphatic rings. The molecule has 1 atom stereocenters. The zero-order valence-corrected chi connectivity index (χ0v) is 15.6. The summed E-state index contributed by atoms with van der Waals surface area (Å²) in [4.78, 5) is 9.02. The molecule has 1 unspecified atom stereocenters. The van der Waals surface area contributed by atoms with Crippen molar-refractivity contribution in [2.75, 3.05) is 25.3 Å². The lowest BCUT2D eigenvalue weighted by molar-refractivity contribution is -0.0663. The number of nitrogens with one attached hydrogen (secondary N) is 1. The average Bonchev–Trinajstić information content (AvgIpc) is 2.72. The van der Waals surface area contributed by atoms with E-state index in [4.69, 9.17) is 19.9 Å². The second kappa shape index (κ2) is 5.91. The zero-order chi connectivity index (χ0) is 18.4. The van der Waals surface area contributed by atoms with E-state index in [1.54, 1.807) is 26.4 Å². The van der Waals surface area contributed by atoms with Crippen LogP contribution in [0.2, 0.25) is 0 Å². The van der Waals surface area contributed by atoms with E-state index in [-0.39, 0.29) is 17.2 Å². The van der Waals surface area contributed by atoms with E-state index in [0.717, 1.165) is 11.8 Å². The van der Waals surface area contributed by atoms with E-state index < -0.39 is 0 Å². The van der Waals surface area contributed by atoms with Gasteiger partial charge in [0.15, 0.2) is 11.5 Å². The first kappa shape index (κ1) is 17.5. The Morgan fingerprint density at radius 2 is 1.76 bits per heavy atom. The number of rotatable bonds is 4. The van der Waals surface area contributed by atoms with Crippen molar-refractivity contribution >= 4 is 22.7 Å². The maximum absolute atomic E-state index is 6.15. The van der Waals surface area contributed by atoms with E-state index in [9.17, 15) is 0 Å². The van der Waals surface area contributed by atoms with Crippen LogP contribution in [0.1, 0.15) is 34.1 Å². The van der Waals surface area contributed by atoms with Gasteiger partial charge >= 0.3 is 0 Å². The molecule has 3 rings (SSSR count). The molecule has 7 heteroatoms. The summed E-state index contributed by atoms with van der Waals surface area (Å²) in [5.41, 5.74) is 6.33. The number of anilines is 2. The molecule has 0 saturated carbocycles. The Bertz CT molecular complexity index is 804. The Morgan fingerprint density at radius 3 is 2.32 bits per heavy atom. The predicted octanol–water partition coefficient (Wildman–Crippen LogP) is 2.99. The van der Waals surface area contributed by atoms with Gasteiger partial charge in [0.2, 0.25) is 5.95 Å². The summed E-state index contributed by atoms with van der Waals surface area (Å²) >= 11 is 0. The molecule has 0 spiro atoms. The summed E-state index contributed by atoms with van der Waals surface area (Å²) in [5, 5.41) is 4.11. The molecular weight excluding hydrogens is 320 g/mol. The van der Waals surface area contributed by atoms with Crippen LogP contribution in [0.3, 0.4) is 0 Å². The van der Waals surface area contributed by atoms with E-state index in [2.05, 4.69) is 43.0 Å². The standard InChI is InChI=1S/C18H26N4O3/c1-17(2)9-14(18(3,4)25-17)21-16-20-11-8-13(24-6)12(23-5)7-10(11)15(19)22-16/h7-8,14H,9H2,1-6H3,(H3,19,20,21,22). The number of nitrogens with two attached hydrogens (primary N) is 1. The SMILES string of the molecule is COc1cc2nc(NC3CC(C)(C)OC3(C)C)nc(N)c2cc1OC. The monoisotopic (exact) mass is 346 g/mol. The highest BCUT2D eigenvalue weighted by Crippen LogP contribution is 2.39. The first-order chi connectivity index (χ1) is 11.6. The van der Waals surface area contributed by atoms with Crippen LogP contribution < -0.4 is 20.5 Å². The van der Waals surface area contributed by atoms with Crippen molar-refractivity contribution in [3.63, 3.8) is 0 Å². The molecule has 25 heavy (non-hydrogen) atoms. The highest BCUT2D eigenvalue weighted by molar-refractivity contribution is 5.91. The van der Waals surface area contributed by atoms with Gasteiger partial charge in [-0.15, -0.1) is 0 Å². The van der Waals surface area contributed by atoms with Gasteiger partial charge < -0.3 is 25.3 Å². The van der Waals surface area contributed by atoms with Crippen molar-refractivity contribution in [2.24, 2.45) is 0 Å². The first-order valence-corrected chi connectivity index (χ1v) is 8.31. The van der Waals surface area contributed by atoms with Gasteiger partial charge in [-0.25, -0.2) is 4.98 Å². The van der Waals surface area contributed by atoms with Crippen LogP contribution in [-0.2, 0) is 4.74 Å². The zero-order valence-electron chi connectivity index (χ0n) is 15.6. The maximum Gasteiger partial charge on any atom is 0.225 e. The summed E-state index contributed by atoms with van der Waals surface area (Å²) in [6.07, 6.45) is 0.854. The fraction of sp³-hybridized carbons (Fsp3) is 0.556. The molecule has 0 radical (unpaired) electrons. The van der Waals surface area contributed by atoms with Crippen molar-refractivity contribution in [3.05, 3.63) is 12.1 Å². The average molecular weight is 346 g/mol. The third-order valence-electron chi connectivity index (χ3n) is 4.61. The van der Waals surface area contributed by atoms with Crippen molar-refractivity contribution in [3.8, 4) is 11.5 Å². The van der Waals surface area contributed by atoms with Gasteiger partial charge in [-0.05, 0) is 40.2 Å². The fourth-order valence-electron chi connectivity index (χ4n) is 3.49. The number of aromatic nitrogens is 2. The number of benzene rings is 1. The second-order valence-electron chi connectivity index (χ2n) is 7.52. The van der Waals surface area contributed by atoms with E-state index in [1.807, 2.05) is 0 Å². The highest BCUT2D eigenvalue weighted by atomic mass is 16.5. The first-order valence-electron chi connectivity index (χ1n) is 8.31. The van der Waals surface area contributed by atoms with Crippen LogP contribution in [0.15, 0.2) is 12.1 Å². The molecule has 0 aliphatic carbocycles. The number of hydrogen-bond donors (Lipinski definition) is 2. The normalized spacial score (nSPS) is 21.3. The Morgan fingerprint density at radius 1 is 1.12 bits per heavy atom. The summed E-state index contributed by atoms with van der Waals surface area (Å²) in [5.74, 6) is 2.07. The van der Waals surface area contributed by atoms with Gasteiger partial charge in [0.05, 0.1) is 37.0 Å². The number of ether oxygens (including phenoxy) is 3. The molecule has 1 saturated heterocycles. The quantitative estimate of drug-likeness (QED) is 0.879. The Balaban J connectivity index is 1.98. The van der Waals surface area contributed by atoms with Crippen LogP contribution in [-0.4, -0.2) is 41.4 Å². The largest absolute Gasteiger partial charge is 0.493 e. The molecule has 3 N–H and O–H groups in total. The molecule has 0 bridgehead atoms. The van der Waals surface area contributed by atoms with Gasteiger partial charge in [0, 0.05) is 11.5 Å². The Kier molecular flexibility index (Phi) is 4.15. The van der Waals surface area contributed by atoms with Crippen LogP contribution in [0.25, 0.3) is 10.9 Å². The molecule has 2 heterocycles. The minimum absolute atomic E-state index is 0.0829. The lowest BCUT2D eigenvalue weighted by Crippen LogP contribution is -2.38.